The lowest BCUT2D eigenvalue weighted by molar-refractivity contribution is -0.140. The Morgan fingerprint density at radius 2 is 1.97 bits per heavy atom. The Bertz CT molecular complexity index is 908. The van der Waals surface area contributed by atoms with Gasteiger partial charge in [-0.15, -0.1) is 0 Å². The highest BCUT2D eigenvalue weighted by atomic mass is 16.5. The monoisotopic (exact) mass is 415 g/mol. The van der Waals surface area contributed by atoms with E-state index in [9.17, 15) is 14.4 Å². The SMILES string of the molecule is CCOC(=O)C1=C(COC(=O)/C=C/c2cc(C)n(C3CC3)c2C)NC(=O)N[C@H]1CC. The lowest BCUT2D eigenvalue weighted by Gasteiger charge is -2.28. The van der Waals surface area contributed by atoms with Gasteiger partial charge in [-0.05, 0) is 57.7 Å². The smallest absolute Gasteiger partial charge is 0.338 e. The van der Waals surface area contributed by atoms with E-state index in [2.05, 4.69) is 28.2 Å². The summed E-state index contributed by atoms with van der Waals surface area (Å²) in [6, 6.07) is 1.69. The first-order valence-corrected chi connectivity index (χ1v) is 10.4. The summed E-state index contributed by atoms with van der Waals surface area (Å²) in [6.07, 6.45) is 6.00. The van der Waals surface area contributed by atoms with Crippen molar-refractivity contribution in [2.45, 2.75) is 59.0 Å². The molecular weight excluding hydrogens is 386 g/mol. The fraction of sp³-hybridized carbons (Fsp3) is 0.500. The highest BCUT2D eigenvalue weighted by Gasteiger charge is 2.32. The number of hydrogen-bond donors (Lipinski definition) is 2. The van der Waals surface area contributed by atoms with Crippen molar-refractivity contribution in [1.29, 1.82) is 0 Å². The van der Waals surface area contributed by atoms with Crippen molar-refractivity contribution in [3.8, 4) is 0 Å². The molecule has 2 heterocycles. The second kappa shape index (κ2) is 9.19. The molecule has 2 amide bonds. The Labute approximate surface area is 176 Å². The molecule has 8 nitrogen and oxygen atoms in total. The molecule has 0 bridgehead atoms. The number of nitrogens with one attached hydrogen (secondary N) is 2. The van der Waals surface area contributed by atoms with Gasteiger partial charge < -0.3 is 24.7 Å². The second-order valence-corrected chi connectivity index (χ2v) is 7.54. The molecule has 2 aliphatic rings. The van der Waals surface area contributed by atoms with Gasteiger partial charge in [0, 0.05) is 23.5 Å². The zero-order chi connectivity index (χ0) is 21.8. The van der Waals surface area contributed by atoms with Crippen LogP contribution < -0.4 is 10.6 Å². The van der Waals surface area contributed by atoms with Crippen LogP contribution in [0, 0.1) is 13.8 Å². The summed E-state index contributed by atoms with van der Waals surface area (Å²) >= 11 is 0. The zero-order valence-electron chi connectivity index (χ0n) is 17.9. The minimum Gasteiger partial charge on any atom is -0.463 e. The molecule has 0 spiro atoms. The van der Waals surface area contributed by atoms with E-state index in [0.717, 1.165) is 11.3 Å². The Morgan fingerprint density at radius 3 is 2.60 bits per heavy atom. The average Bonchev–Trinajstić information content (AvgIpc) is 3.49. The average molecular weight is 415 g/mol. The number of urea groups is 1. The largest absolute Gasteiger partial charge is 0.463 e. The molecule has 2 N–H and O–H groups in total. The number of rotatable bonds is 8. The zero-order valence-corrected chi connectivity index (χ0v) is 17.9. The van der Waals surface area contributed by atoms with Crippen molar-refractivity contribution in [2.24, 2.45) is 0 Å². The second-order valence-electron chi connectivity index (χ2n) is 7.54. The van der Waals surface area contributed by atoms with Gasteiger partial charge in [-0.2, -0.15) is 0 Å². The van der Waals surface area contributed by atoms with Crippen molar-refractivity contribution in [3.05, 3.63) is 40.4 Å². The fourth-order valence-corrected chi connectivity index (χ4v) is 3.79. The molecule has 1 saturated carbocycles. The molecule has 30 heavy (non-hydrogen) atoms. The van der Waals surface area contributed by atoms with Gasteiger partial charge in [0.25, 0.3) is 0 Å². The summed E-state index contributed by atoms with van der Waals surface area (Å²) in [7, 11) is 0. The van der Waals surface area contributed by atoms with E-state index in [4.69, 9.17) is 9.47 Å². The standard InChI is InChI=1S/C22H29N3O5/c1-5-17-20(21(27)29-6-2)18(24-22(28)23-17)12-30-19(26)10-7-15-11-13(3)25(14(15)4)16-8-9-16/h7,10-11,16-17H,5-6,8-9,12H2,1-4H3,(H2,23,24,28)/b10-7+/t17-/m0/s1. The molecule has 0 aromatic carbocycles. The van der Waals surface area contributed by atoms with E-state index >= 15 is 0 Å². The van der Waals surface area contributed by atoms with Gasteiger partial charge in [-0.3, -0.25) is 0 Å². The van der Waals surface area contributed by atoms with E-state index in [1.807, 2.05) is 13.8 Å². The molecule has 8 heteroatoms. The van der Waals surface area contributed by atoms with Gasteiger partial charge in [0.15, 0.2) is 0 Å². The minimum atomic E-state index is -0.553. The van der Waals surface area contributed by atoms with E-state index in [1.165, 1.54) is 24.6 Å². The van der Waals surface area contributed by atoms with Crippen LogP contribution in [0.15, 0.2) is 23.4 Å². The Kier molecular flexibility index (Phi) is 6.64. The number of amides is 2. The van der Waals surface area contributed by atoms with Gasteiger partial charge in [-0.1, -0.05) is 6.92 Å². The highest BCUT2D eigenvalue weighted by Crippen LogP contribution is 2.38. The van der Waals surface area contributed by atoms with Crippen molar-refractivity contribution in [1.82, 2.24) is 15.2 Å². The minimum absolute atomic E-state index is 0.210. The lowest BCUT2D eigenvalue weighted by atomic mass is 10.0. The van der Waals surface area contributed by atoms with Crippen LogP contribution in [-0.2, 0) is 19.1 Å². The summed E-state index contributed by atoms with van der Waals surface area (Å²) in [5, 5.41) is 5.24. The number of aromatic nitrogens is 1. The summed E-state index contributed by atoms with van der Waals surface area (Å²) in [4.78, 5) is 36.5. The summed E-state index contributed by atoms with van der Waals surface area (Å²) in [6.45, 7) is 7.65. The van der Waals surface area contributed by atoms with Gasteiger partial charge in [-0.25, -0.2) is 14.4 Å². The predicted molar refractivity (Wildman–Crippen MR) is 112 cm³/mol. The summed E-state index contributed by atoms with van der Waals surface area (Å²) in [5.41, 5.74) is 3.81. The molecule has 1 fully saturated rings. The topological polar surface area (TPSA) is 98.7 Å². The van der Waals surface area contributed by atoms with Crippen molar-refractivity contribution >= 4 is 24.0 Å². The highest BCUT2D eigenvalue weighted by molar-refractivity contribution is 5.95. The van der Waals surface area contributed by atoms with Crippen molar-refractivity contribution < 1.29 is 23.9 Å². The fourth-order valence-electron chi connectivity index (χ4n) is 3.79. The molecule has 1 aromatic heterocycles. The molecular formula is C22H29N3O5. The third-order valence-corrected chi connectivity index (χ3v) is 5.34. The number of aryl methyl sites for hydroxylation is 1. The van der Waals surface area contributed by atoms with Gasteiger partial charge in [0.05, 0.1) is 23.9 Å². The van der Waals surface area contributed by atoms with Gasteiger partial charge in [0.2, 0.25) is 0 Å². The Morgan fingerprint density at radius 1 is 1.23 bits per heavy atom. The van der Waals surface area contributed by atoms with Crippen LogP contribution in [0.5, 0.6) is 0 Å². The first kappa shape index (κ1) is 21.7. The van der Waals surface area contributed by atoms with Crippen LogP contribution in [0.2, 0.25) is 0 Å². The van der Waals surface area contributed by atoms with Gasteiger partial charge in [0.1, 0.15) is 6.61 Å². The van der Waals surface area contributed by atoms with Crippen molar-refractivity contribution in [2.75, 3.05) is 13.2 Å². The maximum Gasteiger partial charge on any atom is 0.338 e. The van der Waals surface area contributed by atoms with Crippen LogP contribution in [0.3, 0.4) is 0 Å². The van der Waals surface area contributed by atoms with E-state index in [1.54, 1.807) is 13.0 Å². The van der Waals surface area contributed by atoms with Crippen LogP contribution in [0.4, 0.5) is 4.79 Å². The molecule has 0 radical (unpaired) electrons. The van der Waals surface area contributed by atoms with Crippen LogP contribution in [0.25, 0.3) is 6.08 Å². The van der Waals surface area contributed by atoms with E-state index < -0.39 is 24.0 Å². The summed E-state index contributed by atoms with van der Waals surface area (Å²) < 4.78 is 12.7. The van der Waals surface area contributed by atoms with Gasteiger partial charge >= 0.3 is 18.0 Å². The summed E-state index contributed by atoms with van der Waals surface area (Å²) in [5.74, 6) is -1.09. The molecule has 3 rings (SSSR count). The lowest BCUT2D eigenvalue weighted by Crippen LogP contribution is -2.51. The Balaban J connectivity index is 1.70. The molecule has 1 aliphatic heterocycles. The number of esters is 2. The van der Waals surface area contributed by atoms with Crippen molar-refractivity contribution in [3.63, 3.8) is 0 Å². The van der Waals surface area contributed by atoms with E-state index in [-0.39, 0.29) is 24.5 Å². The number of carbonyl (C=O) groups excluding carboxylic acids is 3. The maximum absolute atomic E-state index is 12.3. The normalized spacial score (nSPS) is 18.9. The molecule has 1 aromatic rings. The number of carbonyl (C=O) groups is 3. The van der Waals surface area contributed by atoms with Crippen LogP contribution >= 0.6 is 0 Å². The van der Waals surface area contributed by atoms with Crippen LogP contribution in [0.1, 0.15) is 56.1 Å². The van der Waals surface area contributed by atoms with Crippen LogP contribution in [-0.4, -0.2) is 41.8 Å². The quantitative estimate of drug-likeness (QED) is 0.502. The molecule has 0 unspecified atom stereocenters. The molecule has 1 aliphatic carbocycles. The first-order chi connectivity index (χ1) is 14.3. The van der Waals surface area contributed by atoms with E-state index in [0.29, 0.717) is 12.5 Å². The predicted octanol–water partition coefficient (Wildman–Crippen LogP) is 2.90. The number of hydrogen-bond acceptors (Lipinski definition) is 5. The molecule has 162 valence electrons. The third-order valence-electron chi connectivity index (χ3n) is 5.34. The maximum atomic E-state index is 12.3. The third kappa shape index (κ3) is 4.75. The first-order valence-electron chi connectivity index (χ1n) is 10.4. The molecule has 1 atom stereocenters. The number of nitrogens with zero attached hydrogens (tertiary/aromatic N) is 1. The Hall–Kier alpha value is -3.03. The molecule has 0 saturated heterocycles. The number of ether oxygens (including phenoxy) is 2.